The van der Waals surface area contributed by atoms with E-state index in [1.807, 2.05) is 29.0 Å². The fraction of sp³-hybridized carbons (Fsp3) is 0.250. The minimum atomic E-state index is -0.0723. The number of halogens is 1. The van der Waals surface area contributed by atoms with Crippen molar-refractivity contribution < 1.29 is 4.79 Å². The summed E-state index contributed by atoms with van der Waals surface area (Å²) in [6.45, 7) is 0.456. The van der Waals surface area contributed by atoms with Crippen molar-refractivity contribution >= 4 is 21.8 Å². The predicted octanol–water partition coefficient (Wildman–Crippen LogP) is 3.39. The number of carbonyl (C=O) groups excluding carboxylic acids is 1. The number of nitriles is 1. The molecule has 4 nitrogen and oxygen atoms in total. The molecule has 1 saturated carbocycles. The summed E-state index contributed by atoms with van der Waals surface area (Å²) in [5, 5.41) is 11.7. The Morgan fingerprint density at radius 2 is 2.10 bits per heavy atom. The van der Waals surface area contributed by atoms with E-state index in [0.717, 1.165) is 22.9 Å². The lowest BCUT2D eigenvalue weighted by atomic mass is 10.1. The second kappa shape index (κ2) is 5.74. The van der Waals surface area contributed by atoms with Gasteiger partial charge in [-0.2, -0.15) is 5.26 Å². The lowest BCUT2D eigenvalue weighted by Gasteiger charge is -2.08. The van der Waals surface area contributed by atoms with Crippen molar-refractivity contribution in [2.75, 3.05) is 0 Å². The zero-order valence-electron chi connectivity index (χ0n) is 11.3. The standard InChI is InChI=1S/C16H14BrN3O/c17-13-7-15(20(10-13)14-5-6-14)16(21)19-9-12-3-1-11(8-18)2-4-12/h1-4,7,10,14H,5-6,9H2,(H,19,21). The van der Waals surface area contributed by atoms with E-state index < -0.39 is 0 Å². The highest BCUT2D eigenvalue weighted by molar-refractivity contribution is 9.10. The SMILES string of the molecule is N#Cc1ccc(CNC(=O)c2cc(Br)cn2C2CC2)cc1. The Morgan fingerprint density at radius 1 is 1.38 bits per heavy atom. The number of hydrogen-bond acceptors (Lipinski definition) is 2. The van der Waals surface area contributed by atoms with Crippen molar-refractivity contribution in [3.63, 3.8) is 0 Å². The number of carbonyl (C=O) groups is 1. The molecule has 1 aromatic heterocycles. The molecule has 1 aliphatic carbocycles. The van der Waals surface area contributed by atoms with Crippen LogP contribution in [0.4, 0.5) is 0 Å². The van der Waals surface area contributed by atoms with Gasteiger partial charge in [0.2, 0.25) is 0 Å². The van der Waals surface area contributed by atoms with E-state index in [4.69, 9.17) is 5.26 Å². The van der Waals surface area contributed by atoms with Crippen LogP contribution >= 0.6 is 15.9 Å². The molecule has 0 spiro atoms. The first-order valence-corrected chi connectivity index (χ1v) is 7.61. The number of nitrogens with zero attached hydrogens (tertiary/aromatic N) is 2. The molecule has 1 aromatic carbocycles. The van der Waals surface area contributed by atoms with Gasteiger partial charge in [0.15, 0.2) is 0 Å². The van der Waals surface area contributed by atoms with Gasteiger partial charge in [0.25, 0.3) is 5.91 Å². The minimum Gasteiger partial charge on any atom is -0.347 e. The van der Waals surface area contributed by atoms with E-state index in [0.29, 0.717) is 23.8 Å². The van der Waals surface area contributed by atoms with Crippen LogP contribution in [0.25, 0.3) is 0 Å². The molecule has 1 amide bonds. The fourth-order valence-electron chi connectivity index (χ4n) is 2.25. The summed E-state index contributed by atoms with van der Waals surface area (Å²) in [4.78, 5) is 12.3. The number of rotatable bonds is 4. The molecule has 0 unspecified atom stereocenters. The average Bonchev–Trinajstić information content (AvgIpc) is 3.27. The molecule has 3 rings (SSSR count). The Morgan fingerprint density at radius 3 is 2.71 bits per heavy atom. The molecule has 0 radical (unpaired) electrons. The van der Waals surface area contributed by atoms with E-state index in [2.05, 4.69) is 27.3 Å². The van der Waals surface area contributed by atoms with Crippen LogP contribution in [0.2, 0.25) is 0 Å². The Bertz CT molecular complexity index is 708. The lowest BCUT2D eigenvalue weighted by Crippen LogP contribution is -2.25. The molecule has 0 bridgehead atoms. The van der Waals surface area contributed by atoms with E-state index in [-0.39, 0.29) is 5.91 Å². The number of aromatic nitrogens is 1. The van der Waals surface area contributed by atoms with Gasteiger partial charge >= 0.3 is 0 Å². The van der Waals surface area contributed by atoms with E-state index >= 15 is 0 Å². The zero-order chi connectivity index (χ0) is 14.8. The van der Waals surface area contributed by atoms with Crippen molar-refractivity contribution in [3.05, 3.63) is 57.8 Å². The summed E-state index contributed by atoms with van der Waals surface area (Å²) in [7, 11) is 0. The summed E-state index contributed by atoms with van der Waals surface area (Å²) >= 11 is 3.43. The third-order valence-corrected chi connectivity index (χ3v) is 3.96. The molecule has 1 N–H and O–H groups in total. The van der Waals surface area contributed by atoms with Crippen molar-refractivity contribution in [3.8, 4) is 6.07 Å². The molecule has 2 aromatic rings. The molecule has 1 heterocycles. The van der Waals surface area contributed by atoms with E-state index in [9.17, 15) is 4.79 Å². The molecule has 0 atom stereocenters. The lowest BCUT2D eigenvalue weighted by molar-refractivity contribution is 0.0941. The van der Waals surface area contributed by atoms with Crippen LogP contribution in [0.3, 0.4) is 0 Å². The molecule has 106 valence electrons. The molecule has 21 heavy (non-hydrogen) atoms. The highest BCUT2D eigenvalue weighted by atomic mass is 79.9. The van der Waals surface area contributed by atoms with E-state index in [1.54, 1.807) is 12.1 Å². The van der Waals surface area contributed by atoms with Crippen molar-refractivity contribution in [2.45, 2.75) is 25.4 Å². The quantitative estimate of drug-likeness (QED) is 0.924. The number of amides is 1. The van der Waals surface area contributed by atoms with Crippen LogP contribution in [0.15, 0.2) is 41.0 Å². The monoisotopic (exact) mass is 343 g/mol. The van der Waals surface area contributed by atoms with Gasteiger partial charge in [0.05, 0.1) is 11.6 Å². The van der Waals surface area contributed by atoms with Crippen LogP contribution in [-0.2, 0) is 6.54 Å². The molecule has 0 saturated heterocycles. The maximum Gasteiger partial charge on any atom is 0.268 e. The third kappa shape index (κ3) is 3.17. The largest absolute Gasteiger partial charge is 0.347 e. The smallest absolute Gasteiger partial charge is 0.268 e. The first kappa shape index (κ1) is 13.9. The zero-order valence-corrected chi connectivity index (χ0v) is 12.9. The van der Waals surface area contributed by atoms with Crippen molar-refractivity contribution in [1.29, 1.82) is 5.26 Å². The summed E-state index contributed by atoms with van der Waals surface area (Å²) in [6, 6.07) is 11.6. The predicted molar refractivity (Wildman–Crippen MR) is 82.7 cm³/mol. The number of nitrogens with one attached hydrogen (secondary N) is 1. The van der Waals surface area contributed by atoms with Gasteiger partial charge in [-0.05, 0) is 52.5 Å². The average molecular weight is 344 g/mol. The molecule has 1 aliphatic rings. The van der Waals surface area contributed by atoms with Crippen LogP contribution in [-0.4, -0.2) is 10.5 Å². The fourth-order valence-corrected chi connectivity index (χ4v) is 2.69. The topological polar surface area (TPSA) is 57.8 Å². The second-order valence-corrected chi connectivity index (χ2v) is 6.09. The Kier molecular flexibility index (Phi) is 3.80. The van der Waals surface area contributed by atoms with Crippen LogP contribution in [0, 0.1) is 11.3 Å². The Balaban J connectivity index is 1.67. The summed E-state index contributed by atoms with van der Waals surface area (Å²) in [5.41, 5.74) is 2.29. The van der Waals surface area contributed by atoms with Crippen molar-refractivity contribution in [2.24, 2.45) is 0 Å². The summed E-state index contributed by atoms with van der Waals surface area (Å²) in [5.74, 6) is -0.0723. The maximum atomic E-state index is 12.3. The van der Waals surface area contributed by atoms with Gasteiger partial charge < -0.3 is 9.88 Å². The highest BCUT2D eigenvalue weighted by Gasteiger charge is 2.27. The number of hydrogen-bond donors (Lipinski definition) is 1. The molecule has 1 fully saturated rings. The van der Waals surface area contributed by atoms with Crippen LogP contribution in [0.5, 0.6) is 0 Å². The second-order valence-electron chi connectivity index (χ2n) is 5.17. The highest BCUT2D eigenvalue weighted by Crippen LogP contribution is 2.37. The summed E-state index contributed by atoms with van der Waals surface area (Å²) < 4.78 is 2.97. The van der Waals surface area contributed by atoms with Gasteiger partial charge in [-0.3, -0.25) is 4.79 Å². The van der Waals surface area contributed by atoms with Gasteiger partial charge in [0.1, 0.15) is 5.69 Å². The van der Waals surface area contributed by atoms with Crippen molar-refractivity contribution in [1.82, 2.24) is 9.88 Å². The Hall–Kier alpha value is -2.06. The van der Waals surface area contributed by atoms with Gasteiger partial charge in [-0.25, -0.2) is 0 Å². The third-order valence-electron chi connectivity index (χ3n) is 3.52. The summed E-state index contributed by atoms with van der Waals surface area (Å²) in [6.07, 6.45) is 4.24. The van der Waals surface area contributed by atoms with E-state index in [1.165, 1.54) is 0 Å². The molecule has 5 heteroatoms. The van der Waals surface area contributed by atoms with Gasteiger partial charge in [-0.1, -0.05) is 12.1 Å². The number of benzene rings is 1. The molecule has 0 aliphatic heterocycles. The first-order chi connectivity index (χ1) is 10.2. The first-order valence-electron chi connectivity index (χ1n) is 6.82. The van der Waals surface area contributed by atoms with Gasteiger partial charge in [0, 0.05) is 23.3 Å². The normalized spacial score (nSPS) is 13.7. The molecular formula is C16H14BrN3O. The minimum absolute atomic E-state index is 0.0723. The van der Waals surface area contributed by atoms with Gasteiger partial charge in [-0.15, -0.1) is 0 Å². The van der Waals surface area contributed by atoms with Crippen LogP contribution < -0.4 is 5.32 Å². The maximum absolute atomic E-state index is 12.3. The Labute approximate surface area is 131 Å². The molecular weight excluding hydrogens is 330 g/mol. The van der Waals surface area contributed by atoms with Crippen LogP contribution in [0.1, 0.15) is 40.5 Å².